The molecule has 0 spiro atoms. The van der Waals surface area contributed by atoms with Crippen molar-refractivity contribution in [1.29, 1.82) is 0 Å². The van der Waals surface area contributed by atoms with Crippen molar-refractivity contribution in [2.75, 3.05) is 43.5 Å². The first kappa shape index (κ1) is 19.0. The molecule has 154 valence electrons. The smallest absolute Gasteiger partial charge is 0.161 e. The summed E-state index contributed by atoms with van der Waals surface area (Å²) in [6.45, 7) is 6.03. The van der Waals surface area contributed by atoms with E-state index in [2.05, 4.69) is 40.1 Å². The van der Waals surface area contributed by atoms with Crippen LogP contribution in [-0.2, 0) is 24.2 Å². The fraction of sp³-hybridized carbons (Fsp3) is 0.333. The Labute approximate surface area is 177 Å². The number of hydrogen-bond donors (Lipinski definition) is 1. The Bertz CT molecular complexity index is 1000. The summed E-state index contributed by atoms with van der Waals surface area (Å²) in [7, 11) is 0. The number of nitrogens with zero attached hydrogens (tertiary/aromatic N) is 4. The van der Waals surface area contributed by atoms with Crippen LogP contribution in [0.1, 0.15) is 16.8 Å². The summed E-state index contributed by atoms with van der Waals surface area (Å²) in [5.74, 6) is 1.85. The fourth-order valence-corrected chi connectivity index (χ4v) is 4.24. The van der Waals surface area contributed by atoms with Crippen LogP contribution in [0, 0.1) is 0 Å². The summed E-state index contributed by atoms with van der Waals surface area (Å²) in [5, 5.41) is 0. The monoisotopic (exact) mass is 401 g/mol. The molecule has 2 aliphatic rings. The molecule has 0 atom stereocenters. The van der Waals surface area contributed by atoms with Crippen LogP contribution in [0.25, 0.3) is 11.4 Å². The molecule has 5 rings (SSSR count). The number of aromatic nitrogens is 2. The molecule has 30 heavy (non-hydrogen) atoms. The first-order valence-corrected chi connectivity index (χ1v) is 10.6. The molecule has 0 saturated carbocycles. The molecular formula is C24H27N5O. The maximum atomic E-state index is 5.88. The van der Waals surface area contributed by atoms with Gasteiger partial charge in [0.1, 0.15) is 5.82 Å². The van der Waals surface area contributed by atoms with Gasteiger partial charge < -0.3 is 15.4 Å². The van der Waals surface area contributed by atoms with E-state index in [1.165, 1.54) is 11.1 Å². The van der Waals surface area contributed by atoms with Gasteiger partial charge in [0.25, 0.3) is 0 Å². The maximum absolute atomic E-state index is 5.88. The average Bonchev–Trinajstić information content (AvgIpc) is 2.80. The molecule has 3 aromatic rings. The van der Waals surface area contributed by atoms with Crippen LogP contribution in [0.2, 0.25) is 0 Å². The number of ether oxygens (including phenoxy) is 1. The second-order valence-corrected chi connectivity index (χ2v) is 7.96. The van der Waals surface area contributed by atoms with Gasteiger partial charge in [0.05, 0.1) is 18.9 Å². The molecule has 3 heterocycles. The van der Waals surface area contributed by atoms with E-state index < -0.39 is 0 Å². The highest BCUT2D eigenvalue weighted by Crippen LogP contribution is 2.30. The van der Waals surface area contributed by atoms with Gasteiger partial charge >= 0.3 is 0 Å². The quantitative estimate of drug-likeness (QED) is 0.678. The molecule has 1 fully saturated rings. The van der Waals surface area contributed by atoms with Crippen molar-refractivity contribution in [3.63, 3.8) is 0 Å². The first-order chi connectivity index (χ1) is 14.8. The molecule has 0 unspecified atom stereocenters. The van der Waals surface area contributed by atoms with Gasteiger partial charge in [-0.2, -0.15) is 0 Å². The van der Waals surface area contributed by atoms with Crippen molar-refractivity contribution in [3.8, 4) is 11.4 Å². The van der Waals surface area contributed by atoms with E-state index in [9.17, 15) is 0 Å². The lowest BCUT2D eigenvalue weighted by atomic mass is 10.0. The first-order valence-electron chi connectivity index (χ1n) is 10.6. The predicted molar refractivity (Wildman–Crippen MR) is 119 cm³/mol. The van der Waals surface area contributed by atoms with Gasteiger partial charge in [0.15, 0.2) is 5.82 Å². The van der Waals surface area contributed by atoms with Gasteiger partial charge in [-0.05, 0) is 36.2 Å². The van der Waals surface area contributed by atoms with Crippen LogP contribution in [0.5, 0.6) is 0 Å². The molecule has 0 aliphatic carbocycles. The minimum absolute atomic E-state index is 0.746. The van der Waals surface area contributed by atoms with E-state index in [1.807, 2.05) is 24.3 Å². The van der Waals surface area contributed by atoms with E-state index in [-0.39, 0.29) is 0 Å². The third-order valence-corrected chi connectivity index (χ3v) is 5.85. The molecule has 0 bridgehead atoms. The second-order valence-electron chi connectivity index (χ2n) is 7.96. The Morgan fingerprint density at radius 2 is 1.67 bits per heavy atom. The lowest BCUT2D eigenvalue weighted by Crippen LogP contribution is -2.39. The normalized spacial score (nSPS) is 17.0. The van der Waals surface area contributed by atoms with Crippen LogP contribution < -0.4 is 10.6 Å². The summed E-state index contributed by atoms with van der Waals surface area (Å²) < 4.78 is 5.57. The van der Waals surface area contributed by atoms with Crippen LogP contribution in [0.4, 0.5) is 11.5 Å². The Balaban J connectivity index is 1.50. The SMILES string of the molecule is Nc1ccc(-c2nc3c(c(N4CCOCC4)n2)CCN(Cc2ccccc2)C3)cc1. The zero-order chi connectivity index (χ0) is 20.3. The number of morpholine rings is 1. The molecule has 2 aromatic carbocycles. The Morgan fingerprint density at radius 3 is 2.43 bits per heavy atom. The van der Waals surface area contributed by atoms with Gasteiger partial charge in [-0.25, -0.2) is 9.97 Å². The van der Waals surface area contributed by atoms with Crippen molar-refractivity contribution in [1.82, 2.24) is 14.9 Å². The van der Waals surface area contributed by atoms with Crippen LogP contribution in [0.3, 0.4) is 0 Å². The van der Waals surface area contributed by atoms with Crippen molar-refractivity contribution in [3.05, 3.63) is 71.4 Å². The number of fused-ring (bicyclic) bond motifs is 1. The summed E-state index contributed by atoms with van der Waals surface area (Å²) in [6, 6.07) is 18.5. The third kappa shape index (κ3) is 4.01. The van der Waals surface area contributed by atoms with Crippen LogP contribution >= 0.6 is 0 Å². The molecule has 6 nitrogen and oxygen atoms in total. The van der Waals surface area contributed by atoms with E-state index >= 15 is 0 Å². The second kappa shape index (κ2) is 8.42. The highest BCUT2D eigenvalue weighted by Gasteiger charge is 2.26. The number of nitrogens with two attached hydrogens (primary N) is 1. The molecule has 1 aromatic heterocycles. The summed E-state index contributed by atoms with van der Waals surface area (Å²) in [6.07, 6.45) is 0.969. The van der Waals surface area contributed by atoms with Gasteiger partial charge in [0, 0.05) is 49.5 Å². The lowest BCUT2D eigenvalue weighted by Gasteiger charge is -2.34. The zero-order valence-corrected chi connectivity index (χ0v) is 17.1. The number of benzene rings is 2. The topological polar surface area (TPSA) is 67.5 Å². The summed E-state index contributed by atoms with van der Waals surface area (Å²) in [5.41, 5.74) is 11.4. The zero-order valence-electron chi connectivity index (χ0n) is 17.1. The minimum Gasteiger partial charge on any atom is -0.399 e. The van der Waals surface area contributed by atoms with E-state index in [4.69, 9.17) is 20.4 Å². The standard InChI is InChI=1S/C24H27N5O/c25-20-8-6-19(7-9-20)23-26-22-17-28(16-18-4-2-1-3-5-18)11-10-21(22)24(27-23)29-12-14-30-15-13-29/h1-9H,10-17,25H2. The number of rotatable bonds is 4. The Morgan fingerprint density at radius 1 is 0.900 bits per heavy atom. The van der Waals surface area contributed by atoms with Crippen molar-refractivity contribution >= 4 is 11.5 Å². The summed E-state index contributed by atoms with van der Waals surface area (Å²) >= 11 is 0. The molecule has 0 amide bonds. The molecular weight excluding hydrogens is 374 g/mol. The number of hydrogen-bond acceptors (Lipinski definition) is 6. The third-order valence-electron chi connectivity index (χ3n) is 5.85. The molecule has 1 saturated heterocycles. The van der Waals surface area contributed by atoms with Gasteiger partial charge in [-0.3, -0.25) is 4.90 Å². The Hall–Kier alpha value is -2.96. The number of anilines is 2. The largest absolute Gasteiger partial charge is 0.399 e. The highest BCUT2D eigenvalue weighted by molar-refractivity contribution is 5.63. The van der Waals surface area contributed by atoms with Gasteiger partial charge in [-0.15, -0.1) is 0 Å². The molecule has 0 radical (unpaired) electrons. The van der Waals surface area contributed by atoms with Gasteiger partial charge in [-0.1, -0.05) is 30.3 Å². The predicted octanol–water partition coefficient (Wildman–Crippen LogP) is 3.12. The maximum Gasteiger partial charge on any atom is 0.161 e. The fourth-order valence-electron chi connectivity index (χ4n) is 4.24. The molecule has 2 aliphatic heterocycles. The van der Waals surface area contributed by atoms with E-state index in [0.717, 1.165) is 80.9 Å². The lowest BCUT2D eigenvalue weighted by molar-refractivity contribution is 0.122. The van der Waals surface area contributed by atoms with E-state index in [1.54, 1.807) is 0 Å². The van der Waals surface area contributed by atoms with Crippen LogP contribution in [-0.4, -0.2) is 47.7 Å². The summed E-state index contributed by atoms with van der Waals surface area (Å²) in [4.78, 5) is 14.9. The highest BCUT2D eigenvalue weighted by atomic mass is 16.5. The van der Waals surface area contributed by atoms with Crippen LogP contribution in [0.15, 0.2) is 54.6 Å². The average molecular weight is 402 g/mol. The van der Waals surface area contributed by atoms with Crippen molar-refractivity contribution in [2.24, 2.45) is 0 Å². The minimum atomic E-state index is 0.746. The van der Waals surface area contributed by atoms with Gasteiger partial charge in [0.2, 0.25) is 0 Å². The molecule has 6 heteroatoms. The van der Waals surface area contributed by atoms with Crippen molar-refractivity contribution in [2.45, 2.75) is 19.5 Å². The molecule has 2 N–H and O–H groups in total. The van der Waals surface area contributed by atoms with E-state index in [0.29, 0.717) is 0 Å². The number of nitrogen functional groups attached to an aromatic ring is 1. The van der Waals surface area contributed by atoms with Crippen molar-refractivity contribution < 1.29 is 4.74 Å². The Kier molecular flexibility index (Phi) is 5.34.